The summed E-state index contributed by atoms with van der Waals surface area (Å²) in [7, 11) is 0. The number of rotatable bonds is 6. The molecule has 0 unspecified atom stereocenters. The third-order valence-corrected chi connectivity index (χ3v) is 5.09. The minimum atomic E-state index is -0.102. The van der Waals surface area contributed by atoms with E-state index in [2.05, 4.69) is 5.32 Å². The second kappa shape index (κ2) is 9.49. The number of hydrogen-bond donors (Lipinski definition) is 1. The smallest absolute Gasteiger partial charge is 0.289 e. The number of nitrogens with one attached hydrogen (secondary N) is 1. The van der Waals surface area contributed by atoms with E-state index in [0.717, 1.165) is 11.5 Å². The molecule has 2 aromatic carbocycles. The molecule has 3 aromatic rings. The fourth-order valence-electron chi connectivity index (χ4n) is 3.45. The monoisotopic (exact) mass is 419 g/mol. The fourth-order valence-corrected chi connectivity index (χ4v) is 3.45. The summed E-state index contributed by atoms with van der Waals surface area (Å²) in [4.78, 5) is 28.7. The van der Waals surface area contributed by atoms with Crippen molar-refractivity contribution in [2.75, 3.05) is 38.0 Å². The van der Waals surface area contributed by atoms with Crippen LogP contribution in [-0.2, 0) is 4.79 Å². The molecule has 1 N–H and O–H groups in total. The molecule has 1 aliphatic rings. The summed E-state index contributed by atoms with van der Waals surface area (Å²) >= 11 is 0. The summed E-state index contributed by atoms with van der Waals surface area (Å²) in [5, 5.41) is 2.91. The molecule has 31 heavy (non-hydrogen) atoms. The summed E-state index contributed by atoms with van der Waals surface area (Å²) in [6.45, 7) is 4.52. The van der Waals surface area contributed by atoms with Crippen LogP contribution >= 0.6 is 0 Å². The highest BCUT2D eigenvalue weighted by atomic mass is 16.5. The Morgan fingerprint density at radius 2 is 1.58 bits per heavy atom. The Balaban J connectivity index is 1.23. The van der Waals surface area contributed by atoms with Crippen LogP contribution in [0.5, 0.6) is 11.5 Å². The third kappa shape index (κ3) is 5.52. The molecule has 160 valence electrons. The van der Waals surface area contributed by atoms with Gasteiger partial charge in [-0.2, -0.15) is 0 Å². The molecule has 7 heteroatoms. The van der Waals surface area contributed by atoms with E-state index in [4.69, 9.17) is 9.15 Å². The zero-order valence-electron chi connectivity index (χ0n) is 17.4. The van der Waals surface area contributed by atoms with E-state index in [0.29, 0.717) is 43.4 Å². The van der Waals surface area contributed by atoms with E-state index in [9.17, 15) is 9.59 Å². The quantitative estimate of drug-likeness (QED) is 0.658. The van der Waals surface area contributed by atoms with Crippen LogP contribution in [0, 0.1) is 6.92 Å². The molecule has 1 aromatic heterocycles. The van der Waals surface area contributed by atoms with E-state index in [1.54, 1.807) is 17.0 Å². The molecule has 1 aliphatic heterocycles. The normalized spacial score (nSPS) is 14.3. The maximum absolute atomic E-state index is 12.5. The molecule has 0 bridgehead atoms. The Kier molecular flexibility index (Phi) is 6.33. The molecule has 1 fully saturated rings. The number of benzene rings is 2. The van der Waals surface area contributed by atoms with Gasteiger partial charge in [0.2, 0.25) is 5.91 Å². The highest BCUT2D eigenvalue weighted by Gasteiger charge is 2.25. The molecule has 4 rings (SSSR count). The van der Waals surface area contributed by atoms with E-state index in [1.165, 1.54) is 0 Å². The summed E-state index contributed by atoms with van der Waals surface area (Å²) in [6, 6.07) is 20.3. The topological polar surface area (TPSA) is 75.0 Å². The summed E-state index contributed by atoms with van der Waals surface area (Å²) < 4.78 is 11.2. The number of piperazine rings is 1. The molecule has 2 amide bonds. The van der Waals surface area contributed by atoms with Gasteiger partial charge >= 0.3 is 0 Å². The van der Waals surface area contributed by atoms with Gasteiger partial charge in [0.05, 0.1) is 6.54 Å². The van der Waals surface area contributed by atoms with Crippen LogP contribution in [0.25, 0.3) is 0 Å². The van der Waals surface area contributed by atoms with Gasteiger partial charge in [-0.3, -0.25) is 14.5 Å². The molecule has 1 saturated heterocycles. The van der Waals surface area contributed by atoms with Crippen molar-refractivity contribution in [3.8, 4) is 11.5 Å². The Morgan fingerprint density at radius 3 is 2.23 bits per heavy atom. The number of carbonyl (C=O) groups is 2. The Labute approximate surface area is 181 Å². The lowest BCUT2D eigenvalue weighted by atomic mass is 10.2. The van der Waals surface area contributed by atoms with Gasteiger partial charge in [0, 0.05) is 31.9 Å². The number of hydrogen-bond acceptors (Lipinski definition) is 5. The first kappa shape index (κ1) is 20.7. The molecule has 0 atom stereocenters. The van der Waals surface area contributed by atoms with Crippen molar-refractivity contribution >= 4 is 17.5 Å². The van der Waals surface area contributed by atoms with Crippen LogP contribution in [0.15, 0.2) is 71.1 Å². The lowest BCUT2D eigenvalue weighted by molar-refractivity contribution is -0.117. The van der Waals surface area contributed by atoms with Crippen LogP contribution in [-0.4, -0.2) is 54.3 Å². The van der Waals surface area contributed by atoms with Crippen LogP contribution in [0.1, 0.15) is 16.3 Å². The minimum Gasteiger partial charge on any atom is -0.457 e. The second-order valence-corrected chi connectivity index (χ2v) is 7.47. The summed E-state index contributed by atoms with van der Waals surface area (Å²) in [5.41, 5.74) is 0.715. The summed E-state index contributed by atoms with van der Waals surface area (Å²) in [6.07, 6.45) is 0. The Bertz CT molecular complexity index is 1020. The number of aryl methyl sites for hydroxylation is 1. The predicted octanol–water partition coefficient (Wildman–Crippen LogP) is 3.78. The second-order valence-electron chi connectivity index (χ2n) is 7.47. The number of anilines is 1. The Morgan fingerprint density at radius 1 is 0.903 bits per heavy atom. The van der Waals surface area contributed by atoms with E-state index in [-0.39, 0.29) is 18.4 Å². The summed E-state index contributed by atoms with van der Waals surface area (Å²) in [5.74, 6) is 2.37. The SMILES string of the molecule is Cc1ccc(C(=O)N2CCN(CC(=O)Nc3ccc(Oc4ccccc4)cc3)CC2)o1. The van der Waals surface area contributed by atoms with Crippen molar-refractivity contribution < 1.29 is 18.7 Å². The molecule has 2 heterocycles. The van der Waals surface area contributed by atoms with Gasteiger partial charge in [-0.15, -0.1) is 0 Å². The lowest BCUT2D eigenvalue weighted by Gasteiger charge is -2.33. The average molecular weight is 419 g/mol. The molecule has 0 radical (unpaired) electrons. The third-order valence-electron chi connectivity index (χ3n) is 5.09. The van der Waals surface area contributed by atoms with Crippen LogP contribution in [0.4, 0.5) is 5.69 Å². The lowest BCUT2D eigenvalue weighted by Crippen LogP contribution is -2.50. The predicted molar refractivity (Wildman–Crippen MR) is 117 cm³/mol. The minimum absolute atomic E-state index is 0.0850. The first-order valence-electron chi connectivity index (χ1n) is 10.3. The number of carbonyl (C=O) groups excluding carboxylic acids is 2. The van der Waals surface area contributed by atoms with Gasteiger partial charge in [-0.05, 0) is 55.5 Å². The van der Waals surface area contributed by atoms with Crippen molar-refractivity contribution in [1.82, 2.24) is 9.80 Å². The van der Waals surface area contributed by atoms with Gasteiger partial charge in [-0.1, -0.05) is 18.2 Å². The zero-order chi connectivity index (χ0) is 21.6. The molecule has 7 nitrogen and oxygen atoms in total. The number of nitrogens with zero attached hydrogens (tertiary/aromatic N) is 2. The molecule has 0 saturated carbocycles. The Hall–Kier alpha value is -3.58. The van der Waals surface area contributed by atoms with Crippen molar-refractivity contribution in [2.24, 2.45) is 0 Å². The van der Waals surface area contributed by atoms with Crippen molar-refractivity contribution in [2.45, 2.75) is 6.92 Å². The first-order chi connectivity index (χ1) is 15.1. The van der Waals surface area contributed by atoms with Gasteiger partial charge in [-0.25, -0.2) is 0 Å². The maximum atomic E-state index is 12.5. The van der Waals surface area contributed by atoms with Gasteiger partial charge in [0.1, 0.15) is 17.3 Å². The first-order valence-corrected chi connectivity index (χ1v) is 10.3. The highest BCUT2D eigenvalue weighted by Crippen LogP contribution is 2.22. The highest BCUT2D eigenvalue weighted by molar-refractivity contribution is 5.93. The average Bonchev–Trinajstić information content (AvgIpc) is 3.22. The van der Waals surface area contributed by atoms with Crippen molar-refractivity contribution in [3.63, 3.8) is 0 Å². The van der Waals surface area contributed by atoms with Crippen molar-refractivity contribution in [1.29, 1.82) is 0 Å². The van der Waals surface area contributed by atoms with Crippen LogP contribution in [0.2, 0.25) is 0 Å². The van der Waals surface area contributed by atoms with Gasteiger partial charge < -0.3 is 19.4 Å². The van der Waals surface area contributed by atoms with Crippen LogP contribution in [0.3, 0.4) is 0 Å². The molecular formula is C24H25N3O4. The molecule has 0 spiro atoms. The number of amides is 2. The maximum Gasteiger partial charge on any atom is 0.289 e. The molecule has 0 aliphatic carbocycles. The largest absolute Gasteiger partial charge is 0.457 e. The van der Waals surface area contributed by atoms with E-state index < -0.39 is 0 Å². The zero-order valence-corrected chi connectivity index (χ0v) is 17.4. The fraction of sp³-hybridized carbons (Fsp3) is 0.250. The number of furan rings is 1. The van der Waals surface area contributed by atoms with Crippen molar-refractivity contribution in [3.05, 3.63) is 78.3 Å². The van der Waals surface area contributed by atoms with Gasteiger partial charge in [0.15, 0.2) is 5.76 Å². The van der Waals surface area contributed by atoms with Crippen LogP contribution < -0.4 is 10.1 Å². The van der Waals surface area contributed by atoms with E-state index in [1.807, 2.05) is 66.4 Å². The van der Waals surface area contributed by atoms with Gasteiger partial charge in [0.25, 0.3) is 5.91 Å². The number of ether oxygens (including phenoxy) is 1. The standard InChI is InChI=1S/C24H25N3O4/c1-18-7-12-22(30-18)24(29)27-15-13-26(14-16-27)17-23(28)25-19-8-10-21(11-9-19)31-20-5-3-2-4-6-20/h2-12H,13-17H2,1H3,(H,25,28). The number of para-hydroxylation sites is 1. The molecular weight excluding hydrogens is 394 g/mol. The van der Waals surface area contributed by atoms with E-state index >= 15 is 0 Å².